The van der Waals surface area contributed by atoms with Crippen LogP contribution in [0.15, 0.2) is 18.2 Å². The molecule has 0 atom stereocenters. The lowest BCUT2D eigenvalue weighted by molar-refractivity contribution is 0.0719. The van der Waals surface area contributed by atoms with Gasteiger partial charge >= 0.3 is 0 Å². The maximum absolute atomic E-state index is 5.55. The van der Waals surface area contributed by atoms with E-state index in [1.54, 1.807) is 14.2 Å². The van der Waals surface area contributed by atoms with E-state index in [9.17, 15) is 0 Å². The second-order valence-corrected chi connectivity index (χ2v) is 4.20. The summed E-state index contributed by atoms with van der Waals surface area (Å²) in [6, 6.07) is 5.96. The minimum atomic E-state index is 0.626. The molecule has 0 spiro atoms. The molecule has 1 N–H and O–H groups in total. The van der Waals surface area contributed by atoms with E-state index in [1.165, 1.54) is 0 Å². The van der Waals surface area contributed by atoms with Crippen LogP contribution in [-0.4, -0.2) is 47.2 Å². The van der Waals surface area contributed by atoms with Crippen molar-refractivity contribution in [3.8, 4) is 11.5 Å². The minimum absolute atomic E-state index is 0.626. The van der Waals surface area contributed by atoms with Gasteiger partial charge in [0.25, 0.3) is 0 Å². The molecule has 0 aliphatic rings. The Balaban J connectivity index is 2.31. The van der Waals surface area contributed by atoms with E-state index < -0.39 is 0 Å². The van der Waals surface area contributed by atoms with Gasteiger partial charge in [-0.1, -0.05) is 6.07 Å². The van der Waals surface area contributed by atoms with Crippen molar-refractivity contribution in [2.75, 3.05) is 47.2 Å². The number of benzene rings is 1. The summed E-state index contributed by atoms with van der Waals surface area (Å²) >= 11 is 0. The molecule has 0 heterocycles. The predicted molar refractivity (Wildman–Crippen MR) is 78.6 cm³/mol. The Hall–Kier alpha value is -1.30. The first-order valence-electron chi connectivity index (χ1n) is 6.89. The van der Waals surface area contributed by atoms with Gasteiger partial charge in [0.15, 0.2) is 11.5 Å². The molecule has 5 heteroatoms. The summed E-state index contributed by atoms with van der Waals surface area (Å²) in [5.41, 5.74) is 1.16. The van der Waals surface area contributed by atoms with E-state index in [1.807, 2.05) is 25.1 Å². The molecule has 5 nitrogen and oxygen atoms in total. The lowest BCUT2D eigenvalue weighted by atomic mass is 10.2. The normalized spacial score (nSPS) is 10.6. The second-order valence-electron chi connectivity index (χ2n) is 4.20. The fourth-order valence-electron chi connectivity index (χ4n) is 1.72. The highest BCUT2D eigenvalue weighted by Gasteiger charge is 2.04. The van der Waals surface area contributed by atoms with Gasteiger partial charge in [0, 0.05) is 20.2 Å². The van der Waals surface area contributed by atoms with Crippen molar-refractivity contribution in [2.45, 2.75) is 13.5 Å². The lowest BCUT2D eigenvalue weighted by Gasteiger charge is -2.11. The van der Waals surface area contributed by atoms with Gasteiger partial charge < -0.3 is 24.3 Å². The Labute approximate surface area is 121 Å². The summed E-state index contributed by atoms with van der Waals surface area (Å²) in [4.78, 5) is 0. The number of hydrogen-bond donors (Lipinski definition) is 1. The lowest BCUT2D eigenvalue weighted by Crippen LogP contribution is -2.20. The van der Waals surface area contributed by atoms with Crippen molar-refractivity contribution in [2.24, 2.45) is 0 Å². The monoisotopic (exact) mass is 283 g/mol. The molecule has 0 aliphatic carbocycles. The highest BCUT2D eigenvalue weighted by molar-refractivity contribution is 5.42. The first kappa shape index (κ1) is 16.8. The number of hydrogen-bond acceptors (Lipinski definition) is 5. The molecule has 1 aromatic carbocycles. The van der Waals surface area contributed by atoms with E-state index in [0.717, 1.165) is 30.2 Å². The molecule has 0 radical (unpaired) electrons. The van der Waals surface area contributed by atoms with Gasteiger partial charge in [0.05, 0.1) is 33.5 Å². The van der Waals surface area contributed by atoms with Crippen molar-refractivity contribution in [3.63, 3.8) is 0 Å². The molecular weight excluding hydrogens is 258 g/mol. The Bertz CT molecular complexity index is 371. The summed E-state index contributed by atoms with van der Waals surface area (Å²) in [5.74, 6) is 1.55. The highest BCUT2D eigenvalue weighted by atomic mass is 16.5. The first-order chi connectivity index (χ1) is 9.81. The van der Waals surface area contributed by atoms with Gasteiger partial charge in [-0.3, -0.25) is 0 Å². The molecule has 20 heavy (non-hydrogen) atoms. The van der Waals surface area contributed by atoms with Crippen molar-refractivity contribution >= 4 is 0 Å². The second kappa shape index (κ2) is 10.5. The van der Waals surface area contributed by atoms with Crippen LogP contribution in [0.25, 0.3) is 0 Å². The van der Waals surface area contributed by atoms with Crippen LogP contribution in [0.5, 0.6) is 11.5 Å². The largest absolute Gasteiger partial charge is 0.493 e. The quantitative estimate of drug-likeness (QED) is 0.628. The van der Waals surface area contributed by atoms with E-state index in [2.05, 4.69) is 5.32 Å². The van der Waals surface area contributed by atoms with E-state index in [0.29, 0.717) is 26.4 Å². The van der Waals surface area contributed by atoms with Crippen molar-refractivity contribution < 1.29 is 18.9 Å². The fourth-order valence-corrected chi connectivity index (χ4v) is 1.72. The number of nitrogens with one attached hydrogen (secondary N) is 1. The van der Waals surface area contributed by atoms with E-state index in [4.69, 9.17) is 18.9 Å². The van der Waals surface area contributed by atoms with Gasteiger partial charge in [-0.25, -0.2) is 0 Å². The number of rotatable bonds is 11. The summed E-state index contributed by atoms with van der Waals surface area (Å²) in [7, 11) is 3.31. The molecule has 114 valence electrons. The Morgan fingerprint density at radius 1 is 1.05 bits per heavy atom. The maximum Gasteiger partial charge on any atom is 0.161 e. The first-order valence-corrected chi connectivity index (χ1v) is 6.89. The zero-order valence-electron chi connectivity index (χ0n) is 12.6. The molecule has 0 unspecified atom stereocenters. The molecule has 0 saturated carbocycles. The van der Waals surface area contributed by atoms with Gasteiger partial charge in [-0.15, -0.1) is 0 Å². The average molecular weight is 283 g/mol. The number of ether oxygens (including phenoxy) is 4. The standard InChI is InChI=1S/C15H25NO4/c1-4-20-15-11-13(5-6-14(15)18-3)12-16-7-8-19-10-9-17-2/h5-6,11,16H,4,7-10,12H2,1-3H3. The molecule has 0 saturated heterocycles. The third-order valence-corrected chi connectivity index (χ3v) is 2.71. The van der Waals surface area contributed by atoms with Crippen LogP contribution >= 0.6 is 0 Å². The van der Waals surface area contributed by atoms with Crippen LogP contribution in [0.2, 0.25) is 0 Å². The third kappa shape index (κ3) is 6.23. The van der Waals surface area contributed by atoms with Crippen molar-refractivity contribution in [3.05, 3.63) is 23.8 Å². The number of methoxy groups -OCH3 is 2. The van der Waals surface area contributed by atoms with Crippen LogP contribution in [0.3, 0.4) is 0 Å². The smallest absolute Gasteiger partial charge is 0.161 e. The molecule has 0 fully saturated rings. The van der Waals surface area contributed by atoms with E-state index in [-0.39, 0.29) is 0 Å². The predicted octanol–water partition coefficient (Wildman–Crippen LogP) is 1.85. The molecule has 0 aromatic heterocycles. The van der Waals surface area contributed by atoms with Gasteiger partial charge in [-0.2, -0.15) is 0 Å². The average Bonchev–Trinajstić information content (AvgIpc) is 2.47. The zero-order chi connectivity index (χ0) is 14.6. The summed E-state index contributed by atoms with van der Waals surface area (Å²) in [5, 5.41) is 3.32. The SMILES string of the molecule is CCOc1cc(CNCCOCCOC)ccc1OC. The van der Waals surface area contributed by atoms with Crippen LogP contribution in [-0.2, 0) is 16.0 Å². The van der Waals surface area contributed by atoms with Crippen molar-refractivity contribution in [1.82, 2.24) is 5.32 Å². The van der Waals surface area contributed by atoms with Crippen LogP contribution in [0, 0.1) is 0 Å². The molecule has 1 aromatic rings. The minimum Gasteiger partial charge on any atom is -0.493 e. The summed E-state index contributed by atoms with van der Waals surface area (Å²) in [6.07, 6.45) is 0. The highest BCUT2D eigenvalue weighted by Crippen LogP contribution is 2.27. The van der Waals surface area contributed by atoms with Crippen molar-refractivity contribution in [1.29, 1.82) is 0 Å². The Morgan fingerprint density at radius 3 is 2.60 bits per heavy atom. The summed E-state index contributed by atoms with van der Waals surface area (Å²) < 4.78 is 21.1. The van der Waals surface area contributed by atoms with Gasteiger partial charge in [0.2, 0.25) is 0 Å². The fraction of sp³-hybridized carbons (Fsp3) is 0.600. The Kier molecular flexibility index (Phi) is 8.78. The van der Waals surface area contributed by atoms with Gasteiger partial charge in [-0.05, 0) is 24.6 Å². The van der Waals surface area contributed by atoms with Crippen LogP contribution in [0.4, 0.5) is 0 Å². The maximum atomic E-state index is 5.55. The molecule has 0 bridgehead atoms. The molecule has 0 aliphatic heterocycles. The van der Waals surface area contributed by atoms with E-state index >= 15 is 0 Å². The van der Waals surface area contributed by atoms with Crippen LogP contribution in [0.1, 0.15) is 12.5 Å². The van der Waals surface area contributed by atoms with Gasteiger partial charge in [0.1, 0.15) is 0 Å². The summed E-state index contributed by atoms with van der Waals surface area (Å²) in [6.45, 7) is 6.11. The third-order valence-electron chi connectivity index (χ3n) is 2.71. The molecular formula is C15H25NO4. The molecule has 0 amide bonds. The zero-order valence-corrected chi connectivity index (χ0v) is 12.6. The van der Waals surface area contributed by atoms with Crippen LogP contribution < -0.4 is 14.8 Å². The molecule has 1 rings (SSSR count). The topological polar surface area (TPSA) is 49.0 Å². The Morgan fingerprint density at radius 2 is 1.90 bits per heavy atom.